The number of hydrogen-bond acceptors (Lipinski definition) is 5. The lowest BCUT2D eigenvalue weighted by Gasteiger charge is -2.16. The maximum absolute atomic E-state index is 12.8. The van der Waals surface area contributed by atoms with Crippen molar-refractivity contribution in [1.82, 2.24) is 4.57 Å². The van der Waals surface area contributed by atoms with E-state index in [2.05, 4.69) is 27.7 Å². The third-order valence-corrected chi connectivity index (χ3v) is 5.80. The summed E-state index contributed by atoms with van der Waals surface area (Å²) >= 11 is 9.74. The fourth-order valence-corrected chi connectivity index (χ4v) is 3.98. The van der Waals surface area contributed by atoms with E-state index < -0.39 is 5.97 Å². The van der Waals surface area contributed by atoms with Gasteiger partial charge < -0.3 is 14.1 Å². The van der Waals surface area contributed by atoms with Crippen LogP contribution in [0.25, 0.3) is 0 Å². The number of carbonyl (C=O) groups is 1. The van der Waals surface area contributed by atoms with E-state index in [9.17, 15) is 9.59 Å². The topological polar surface area (TPSA) is 83.5 Å². The third-order valence-electron chi connectivity index (χ3n) is 4.91. The van der Waals surface area contributed by atoms with E-state index in [1.807, 2.05) is 24.3 Å². The van der Waals surface area contributed by atoms with Crippen LogP contribution in [0, 0.1) is 0 Å². The van der Waals surface area contributed by atoms with Crippen molar-refractivity contribution in [2.24, 2.45) is 5.90 Å². The molecular formula is C23H22BrClN2O4. The predicted octanol–water partition coefficient (Wildman–Crippen LogP) is 4.68. The Morgan fingerprint density at radius 3 is 2.55 bits per heavy atom. The van der Waals surface area contributed by atoms with Crippen LogP contribution < -0.4 is 16.2 Å². The SMILES string of the molecule is CCc1cccc(OCc2c(Cl)cc(Br)c(=O)n2CCc2ccc(C(=O)ON)cc2)c1. The van der Waals surface area contributed by atoms with E-state index in [1.54, 1.807) is 34.9 Å². The van der Waals surface area contributed by atoms with Crippen molar-refractivity contribution in [3.8, 4) is 5.75 Å². The number of halogens is 2. The van der Waals surface area contributed by atoms with Crippen molar-refractivity contribution >= 4 is 33.5 Å². The summed E-state index contributed by atoms with van der Waals surface area (Å²) in [6.45, 7) is 2.63. The third kappa shape index (κ3) is 5.76. The van der Waals surface area contributed by atoms with Gasteiger partial charge in [-0.2, -0.15) is 5.90 Å². The summed E-state index contributed by atoms with van der Waals surface area (Å²) in [5.74, 6) is 5.03. The zero-order chi connectivity index (χ0) is 22.4. The first-order valence-electron chi connectivity index (χ1n) is 9.72. The summed E-state index contributed by atoms with van der Waals surface area (Å²) in [6, 6.07) is 16.3. The Kier molecular flexibility index (Phi) is 7.90. The zero-order valence-electron chi connectivity index (χ0n) is 16.9. The second kappa shape index (κ2) is 10.6. The molecule has 162 valence electrons. The first-order valence-corrected chi connectivity index (χ1v) is 10.9. The number of aryl methyl sites for hydroxylation is 2. The zero-order valence-corrected chi connectivity index (χ0v) is 19.3. The lowest BCUT2D eigenvalue weighted by molar-refractivity contribution is 0.0503. The molecule has 0 spiro atoms. The molecule has 0 fully saturated rings. The normalized spacial score (nSPS) is 10.7. The van der Waals surface area contributed by atoms with E-state index in [1.165, 1.54) is 5.56 Å². The van der Waals surface area contributed by atoms with Crippen molar-refractivity contribution < 1.29 is 14.4 Å². The molecule has 0 atom stereocenters. The van der Waals surface area contributed by atoms with E-state index in [0.717, 1.165) is 17.7 Å². The number of rotatable bonds is 8. The van der Waals surface area contributed by atoms with Gasteiger partial charge >= 0.3 is 5.97 Å². The Morgan fingerprint density at radius 2 is 1.87 bits per heavy atom. The molecule has 8 heteroatoms. The molecule has 1 aromatic heterocycles. The minimum Gasteiger partial charge on any atom is -0.487 e. The Labute approximate surface area is 193 Å². The van der Waals surface area contributed by atoms with E-state index >= 15 is 0 Å². The van der Waals surface area contributed by atoms with Crippen LogP contribution in [0.1, 0.15) is 34.1 Å². The molecule has 0 amide bonds. The molecule has 2 N–H and O–H groups in total. The summed E-state index contributed by atoms with van der Waals surface area (Å²) < 4.78 is 7.93. The second-order valence-corrected chi connectivity index (χ2v) is 8.15. The van der Waals surface area contributed by atoms with Crippen molar-refractivity contribution in [3.05, 3.63) is 96.8 Å². The van der Waals surface area contributed by atoms with Crippen molar-refractivity contribution in [2.45, 2.75) is 32.9 Å². The fraction of sp³-hybridized carbons (Fsp3) is 0.217. The number of aromatic nitrogens is 1. The quantitative estimate of drug-likeness (QED) is 0.450. The standard InChI is InChI=1S/C23H22BrClN2O4/c1-2-15-4-3-5-18(12-15)30-14-21-20(25)13-19(24)22(28)27(21)11-10-16-6-8-17(9-7-16)23(29)31-26/h3-9,12-13H,2,10-11,14,26H2,1H3. The van der Waals surface area contributed by atoms with Gasteiger partial charge in [0, 0.05) is 6.54 Å². The predicted molar refractivity (Wildman–Crippen MR) is 123 cm³/mol. The van der Waals surface area contributed by atoms with Crippen molar-refractivity contribution in [1.29, 1.82) is 0 Å². The van der Waals surface area contributed by atoms with Gasteiger partial charge in [-0.05, 0) is 70.2 Å². The van der Waals surface area contributed by atoms with E-state index in [4.69, 9.17) is 22.2 Å². The van der Waals surface area contributed by atoms with Gasteiger partial charge in [-0.15, -0.1) is 0 Å². The first-order chi connectivity index (χ1) is 14.9. The maximum Gasteiger partial charge on any atom is 0.356 e. The van der Waals surface area contributed by atoms with Gasteiger partial charge in [0.1, 0.15) is 12.4 Å². The number of nitrogens with two attached hydrogens (primary N) is 1. The van der Waals surface area contributed by atoms with Gasteiger partial charge in [-0.1, -0.05) is 42.8 Å². The van der Waals surface area contributed by atoms with Crippen LogP contribution in [0.3, 0.4) is 0 Å². The smallest absolute Gasteiger partial charge is 0.356 e. The van der Waals surface area contributed by atoms with Gasteiger partial charge in [-0.25, -0.2) is 4.79 Å². The minimum atomic E-state index is -0.604. The summed E-state index contributed by atoms with van der Waals surface area (Å²) in [7, 11) is 0. The van der Waals surface area contributed by atoms with Gasteiger partial charge in [0.2, 0.25) is 0 Å². The average molecular weight is 506 g/mol. The van der Waals surface area contributed by atoms with Crippen LogP contribution in [0.5, 0.6) is 5.75 Å². The molecule has 0 saturated carbocycles. The molecule has 1 heterocycles. The monoisotopic (exact) mass is 504 g/mol. The highest BCUT2D eigenvalue weighted by molar-refractivity contribution is 9.10. The number of pyridine rings is 1. The molecule has 0 bridgehead atoms. The maximum atomic E-state index is 12.8. The molecule has 2 aromatic carbocycles. The Balaban J connectivity index is 1.80. The fourth-order valence-electron chi connectivity index (χ4n) is 3.14. The molecule has 0 radical (unpaired) electrons. The summed E-state index contributed by atoms with van der Waals surface area (Å²) in [6.07, 6.45) is 1.46. The van der Waals surface area contributed by atoms with Crippen LogP contribution in [-0.4, -0.2) is 10.5 Å². The highest BCUT2D eigenvalue weighted by atomic mass is 79.9. The number of ether oxygens (including phenoxy) is 1. The number of benzene rings is 2. The second-order valence-electron chi connectivity index (χ2n) is 6.89. The highest BCUT2D eigenvalue weighted by Crippen LogP contribution is 2.22. The lowest BCUT2D eigenvalue weighted by atomic mass is 10.1. The van der Waals surface area contributed by atoms with Crippen LogP contribution in [0.4, 0.5) is 0 Å². The van der Waals surface area contributed by atoms with Crippen LogP contribution in [0.15, 0.2) is 63.9 Å². The molecule has 0 aliphatic rings. The van der Waals surface area contributed by atoms with Gasteiger partial charge in [0.05, 0.1) is 20.8 Å². The molecule has 3 rings (SSSR count). The molecule has 0 unspecified atom stereocenters. The molecule has 3 aromatic rings. The summed E-state index contributed by atoms with van der Waals surface area (Å²) in [5.41, 5.74) is 2.88. The van der Waals surface area contributed by atoms with Crippen molar-refractivity contribution in [3.63, 3.8) is 0 Å². The molecule has 31 heavy (non-hydrogen) atoms. The van der Waals surface area contributed by atoms with Crippen LogP contribution in [-0.2, 0) is 30.8 Å². The summed E-state index contributed by atoms with van der Waals surface area (Å²) in [4.78, 5) is 28.5. The Morgan fingerprint density at radius 1 is 1.13 bits per heavy atom. The number of nitrogens with zero attached hydrogens (tertiary/aromatic N) is 1. The van der Waals surface area contributed by atoms with Gasteiger partial charge in [0.15, 0.2) is 0 Å². The van der Waals surface area contributed by atoms with Crippen LogP contribution >= 0.6 is 27.5 Å². The summed E-state index contributed by atoms with van der Waals surface area (Å²) in [5, 5.41) is 0.444. The lowest BCUT2D eigenvalue weighted by Crippen LogP contribution is -2.26. The van der Waals surface area contributed by atoms with Gasteiger partial charge in [0.25, 0.3) is 5.56 Å². The molecule has 6 nitrogen and oxygen atoms in total. The van der Waals surface area contributed by atoms with E-state index in [-0.39, 0.29) is 12.2 Å². The molecule has 0 aliphatic heterocycles. The number of hydrogen-bond donors (Lipinski definition) is 1. The minimum absolute atomic E-state index is 0.162. The average Bonchev–Trinajstić information content (AvgIpc) is 2.79. The largest absolute Gasteiger partial charge is 0.487 e. The first kappa shape index (κ1) is 23.1. The Bertz CT molecular complexity index is 1130. The van der Waals surface area contributed by atoms with Crippen LogP contribution in [0.2, 0.25) is 5.02 Å². The molecular weight excluding hydrogens is 484 g/mol. The van der Waals surface area contributed by atoms with E-state index in [0.29, 0.717) is 33.7 Å². The van der Waals surface area contributed by atoms with Crippen molar-refractivity contribution in [2.75, 3.05) is 0 Å². The molecule has 0 aliphatic carbocycles. The molecule has 0 saturated heterocycles. The van der Waals surface area contributed by atoms with Gasteiger partial charge in [-0.3, -0.25) is 4.79 Å². The highest BCUT2D eigenvalue weighted by Gasteiger charge is 2.14. The number of carbonyl (C=O) groups excluding carboxylic acids is 1. The Hall–Kier alpha value is -2.61.